The number of aliphatic hydroxyl groups is 1. The van der Waals surface area contributed by atoms with Gasteiger partial charge in [0.05, 0.1) is 6.10 Å². The number of benzene rings is 1. The third kappa shape index (κ3) is 4.74. The number of halogens is 1. The van der Waals surface area contributed by atoms with Gasteiger partial charge in [-0.1, -0.05) is 56.3 Å². The van der Waals surface area contributed by atoms with Crippen molar-refractivity contribution >= 4 is 11.6 Å². The van der Waals surface area contributed by atoms with E-state index in [-0.39, 0.29) is 6.10 Å². The van der Waals surface area contributed by atoms with Crippen molar-refractivity contribution in [2.75, 3.05) is 6.54 Å². The lowest BCUT2D eigenvalue weighted by Crippen LogP contribution is -2.29. The molecular weight excluding hydrogens is 274 g/mol. The molecule has 4 heteroatoms. The van der Waals surface area contributed by atoms with Crippen molar-refractivity contribution in [3.05, 3.63) is 34.9 Å². The Morgan fingerprint density at radius 1 is 1.25 bits per heavy atom. The van der Waals surface area contributed by atoms with Crippen LogP contribution in [-0.2, 0) is 11.3 Å². The highest BCUT2D eigenvalue weighted by Gasteiger charge is 2.30. The Kier molecular flexibility index (Phi) is 6.30. The van der Waals surface area contributed by atoms with Gasteiger partial charge in [0.25, 0.3) is 0 Å². The molecule has 0 bridgehead atoms. The molecule has 0 radical (unpaired) electrons. The lowest BCUT2D eigenvalue weighted by Gasteiger charge is -2.17. The van der Waals surface area contributed by atoms with Crippen molar-refractivity contribution in [1.29, 1.82) is 0 Å². The van der Waals surface area contributed by atoms with E-state index >= 15 is 0 Å². The van der Waals surface area contributed by atoms with E-state index in [4.69, 9.17) is 16.3 Å². The Labute approximate surface area is 126 Å². The van der Waals surface area contributed by atoms with Crippen molar-refractivity contribution < 1.29 is 9.84 Å². The second kappa shape index (κ2) is 7.99. The van der Waals surface area contributed by atoms with Gasteiger partial charge in [0.2, 0.25) is 6.41 Å². The summed E-state index contributed by atoms with van der Waals surface area (Å²) in [6, 6.07) is 7.73. The first kappa shape index (κ1) is 15.8. The molecular formula is C16H24ClNO2. The molecule has 2 unspecified atom stereocenters. The molecule has 1 heterocycles. The van der Waals surface area contributed by atoms with Crippen LogP contribution in [-0.4, -0.2) is 29.1 Å². The summed E-state index contributed by atoms with van der Waals surface area (Å²) < 4.78 is 5.61. The van der Waals surface area contributed by atoms with Gasteiger partial charge in [-0.2, -0.15) is 0 Å². The summed E-state index contributed by atoms with van der Waals surface area (Å²) in [5, 5.41) is 10.7. The molecule has 1 fully saturated rings. The first-order valence-electron chi connectivity index (χ1n) is 7.51. The van der Waals surface area contributed by atoms with E-state index < -0.39 is 6.41 Å². The van der Waals surface area contributed by atoms with Gasteiger partial charge in [-0.3, -0.25) is 0 Å². The maximum Gasteiger partial charge on any atom is 0.216 e. The zero-order valence-electron chi connectivity index (χ0n) is 12.1. The Morgan fingerprint density at radius 2 is 2.00 bits per heavy atom. The topological polar surface area (TPSA) is 32.7 Å². The zero-order chi connectivity index (χ0) is 14.4. The summed E-state index contributed by atoms with van der Waals surface area (Å²) in [5.74, 6) is 0. The number of ether oxygens (including phenoxy) is 1. The molecule has 1 aromatic rings. The van der Waals surface area contributed by atoms with Crippen molar-refractivity contribution in [2.24, 2.45) is 0 Å². The smallest absolute Gasteiger partial charge is 0.216 e. The van der Waals surface area contributed by atoms with E-state index in [0.717, 1.165) is 23.6 Å². The van der Waals surface area contributed by atoms with E-state index in [1.54, 1.807) is 0 Å². The molecule has 2 rings (SSSR count). The highest BCUT2D eigenvalue weighted by atomic mass is 35.5. The number of hydrogen-bond donors (Lipinski definition) is 1. The van der Waals surface area contributed by atoms with E-state index in [1.807, 2.05) is 29.2 Å². The molecule has 1 N–H and O–H groups in total. The Hall–Kier alpha value is -0.610. The van der Waals surface area contributed by atoms with E-state index in [1.165, 1.54) is 25.7 Å². The van der Waals surface area contributed by atoms with Crippen LogP contribution in [0.5, 0.6) is 0 Å². The molecule has 112 valence electrons. The van der Waals surface area contributed by atoms with E-state index in [0.29, 0.717) is 6.54 Å². The van der Waals surface area contributed by atoms with Crippen molar-refractivity contribution in [3.63, 3.8) is 0 Å². The standard InChI is InChI=1S/C16H24ClNO2/c1-2-3-4-5-6-15-12-18(16(19)20-15)11-13-7-9-14(17)10-8-13/h7-10,15-16,19H,2-6,11-12H2,1H3. The molecule has 1 aliphatic heterocycles. The van der Waals surface area contributed by atoms with Crippen molar-refractivity contribution in [3.8, 4) is 0 Å². The number of nitrogens with zero attached hydrogens (tertiary/aromatic N) is 1. The molecule has 2 atom stereocenters. The maximum atomic E-state index is 9.96. The average Bonchev–Trinajstić information content (AvgIpc) is 2.78. The molecule has 0 saturated carbocycles. The Morgan fingerprint density at radius 3 is 2.70 bits per heavy atom. The van der Waals surface area contributed by atoms with E-state index in [9.17, 15) is 5.11 Å². The van der Waals surface area contributed by atoms with Crippen LogP contribution in [0.25, 0.3) is 0 Å². The molecule has 1 aliphatic rings. The van der Waals surface area contributed by atoms with Gasteiger partial charge in [0.15, 0.2) is 0 Å². The Balaban J connectivity index is 1.77. The van der Waals surface area contributed by atoms with Gasteiger partial charge in [-0.15, -0.1) is 0 Å². The second-order valence-electron chi connectivity index (χ2n) is 5.49. The van der Waals surface area contributed by atoms with Crippen LogP contribution >= 0.6 is 11.6 Å². The van der Waals surface area contributed by atoms with Gasteiger partial charge in [-0.05, 0) is 24.1 Å². The fourth-order valence-electron chi connectivity index (χ4n) is 2.58. The Bertz CT molecular complexity index is 396. The van der Waals surface area contributed by atoms with Crippen LogP contribution < -0.4 is 0 Å². The molecule has 0 spiro atoms. The molecule has 1 saturated heterocycles. The molecule has 1 aromatic carbocycles. The molecule has 3 nitrogen and oxygen atoms in total. The number of rotatable bonds is 7. The van der Waals surface area contributed by atoms with Crippen LogP contribution in [0.3, 0.4) is 0 Å². The third-order valence-electron chi connectivity index (χ3n) is 3.74. The van der Waals surface area contributed by atoms with Gasteiger partial charge in [-0.25, -0.2) is 4.90 Å². The number of hydrogen-bond acceptors (Lipinski definition) is 3. The summed E-state index contributed by atoms with van der Waals surface area (Å²) in [6.45, 7) is 3.71. The highest BCUT2D eigenvalue weighted by Crippen LogP contribution is 2.22. The van der Waals surface area contributed by atoms with Crippen LogP contribution in [0.15, 0.2) is 24.3 Å². The van der Waals surface area contributed by atoms with Crippen LogP contribution in [0.4, 0.5) is 0 Å². The first-order valence-corrected chi connectivity index (χ1v) is 7.89. The minimum atomic E-state index is -0.776. The zero-order valence-corrected chi connectivity index (χ0v) is 12.9. The van der Waals surface area contributed by atoms with Gasteiger partial charge in [0, 0.05) is 18.1 Å². The van der Waals surface area contributed by atoms with E-state index in [2.05, 4.69) is 6.92 Å². The summed E-state index contributed by atoms with van der Waals surface area (Å²) in [7, 11) is 0. The summed E-state index contributed by atoms with van der Waals surface area (Å²) in [6.07, 6.45) is 5.38. The molecule has 0 aromatic heterocycles. The average molecular weight is 298 g/mol. The lowest BCUT2D eigenvalue weighted by molar-refractivity contribution is -0.152. The number of aliphatic hydroxyl groups excluding tert-OH is 1. The predicted octanol–water partition coefficient (Wildman–Crippen LogP) is 3.79. The minimum Gasteiger partial charge on any atom is -0.356 e. The summed E-state index contributed by atoms with van der Waals surface area (Å²) in [4.78, 5) is 1.97. The summed E-state index contributed by atoms with van der Waals surface area (Å²) >= 11 is 5.88. The first-order chi connectivity index (χ1) is 9.69. The van der Waals surface area contributed by atoms with Crippen molar-refractivity contribution in [2.45, 2.75) is 58.1 Å². The lowest BCUT2D eigenvalue weighted by atomic mass is 10.1. The van der Waals surface area contributed by atoms with Gasteiger partial charge < -0.3 is 9.84 Å². The van der Waals surface area contributed by atoms with Crippen LogP contribution in [0.2, 0.25) is 5.02 Å². The minimum absolute atomic E-state index is 0.161. The molecule has 20 heavy (non-hydrogen) atoms. The maximum absolute atomic E-state index is 9.96. The largest absolute Gasteiger partial charge is 0.356 e. The van der Waals surface area contributed by atoms with Gasteiger partial charge >= 0.3 is 0 Å². The SMILES string of the molecule is CCCCCCC1CN(Cc2ccc(Cl)cc2)C(O)O1. The third-order valence-corrected chi connectivity index (χ3v) is 4.00. The fraction of sp³-hybridized carbons (Fsp3) is 0.625. The number of unbranched alkanes of at least 4 members (excludes halogenated alkanes) is 3. The highest BCUT2D eigenvalue weighted by molar-refractivity contribution is 6.30. The normalized spacial score (nSPS) is 23.4. The fourth-order valence-corrected chi connectivity index (χ4v) is 2.70. The van der Waals surface area contributed by atoms with Crippen LogP contribution in [0.1, 0.15) is 44.6 Å². The predicted molar refractivity (Wildman–Crippen MR) is 81.5 cm³/mol. The second-order valence-corrected chi connectivity index (χ2v) is 5.93. The monoisotopic (exact) mass is 297 g/mol. The van der Waals surface area contributed by atoms with Gasteiger partial charge in [0.1, 0.15) is 0 Å². The summed E-state index contributed by atoms with van der Waals surface area (Å²) in [5.41, 5.74) is 1.14. The quantitative estimate of drug-likeness (QED) is 0.777. The van der Waals surface area contributed by atoms with Crippen LogP contribution in [0, 0.1) is 0 Å². The molecule has 0 aliphatic carbocycles. The molecule has 0 amide bonds. The van der Waals surface area contributed by atoms with Crippen molar-refractivity contribution in [1.82, 2.24) is 4.90 Å².